The molecule has 3 heterocycles. The molecule has 1 aromatic carbocycles. The summed E-state index contributed by atoms with van der Waals surface area (Å²) in [6.07, 6.45) is 6.75. The number of ketones is 1. The standard InChI is InChI=1S/C19H20N6O3S/c1-15(26)16-3-5-17(6-4-16)29(27,28)24-11-9-23(10-12-24)18-13-20-14-19(22-18)25-8-2-7-21-25/h2-8,13-14H,9-12H2,1H3. The average Bonchev–Trinajstić information content (AvgIpc) is 3.29. The first-order valence-electron chi connectivity index (χ1n) is 9.13. The zero-order valence-corrected chi connectivity index (χ0v) is 16.7. The number of anilines is 1. The van der Waals surface area contributed by atoms with E-state index in [4.69, 9.17) is 0 Å². The molecule has 0 saturated carbocycles. The monoisotopic (exact) mass is 412 g/mol. The summed E-state index contributed by atoms with van der Waals surface area (Å²) < 4.78 is 28.9. The van der Waals surface area contributed by atoms with Crippen LogP contribution in [0.2, 0.25) is 0 Å². The maximum atomic E-state index is 12.9. The zero-order valence-electron chi connectivity index (χ0n) is 15.8. The topological polar surface area (TPSA) is 101 Å². The van der Waals surface area contributed by atoms with Gasteiger partial charge in [0.15, 0.2) is 11.6 Å². The smallest absolute Gasteiger partial charge is 0.243 e. The van der Waals surface area contributed by atoms with Crippen LogP contribution >= 0.6 is 0 Å². The molecule has 1 saturated heterocycles. The molecule has 1 aliphatic heterocycles. The number of benzene rings is 1. The number of aromatic nitrogens is 4. The maximum Gasteiger partial charge on any atom is 0.243 e. The summed E-state index contributed by atoms with van der Waals surface area (Å²) >= 11 is 0. The Bertz CT molecular complexity index is 1110. The molecule has 4 rings (SSSR count). The van der Waals surface area contributed by atoms with E-state index in [9.17, 15) is 13.2 Å². The van der Waals surface area contributed by atoms with E-state index < -0.39 is 10.0 Å². The highest BCUT2D eigenvalue weighted by molar-refractivity contribution is 7.89. The average molecular weight is 412 g/mol. The molecule has 0 amide bonds. The van der Waals surface area contributed by atoms with Crippen molar-refractivity contribution in [1.82, 2.24) is 24.1 Å². The van der Waals surface area contributed by atoms with Gasteiger partial charge in [0.2, 0.25) is 10.0 Å². The van der Waals surface area contributed by atoms with Gasteiger partial charge >= 0.3 is 0 Å². The SMILES string of the molecule is CC(=O)c1ccc(S(=O)(=O)N2CCN(c3cncc(-n4cccn4)n3)CC2)cc1. The summed E-state index contributed by atoms with van der Waals surface area (Å²) in [5, 5.41) is 4.15. The summed E-state index contributed by atoms with van der Waals surface area (Å²) in [6.45, 7) is 3.13. The molecule has 29 heavy (non-hydrogen) atoms. The Morgan fingerprint density at radius 2 is 1.69 bits per heavy atom. The predicted octanol–water partition coefficient (Wildman–Crippen LogP) is 1.38. The molecule has 0 atom stereocenters. The lowest BCUT2D eigenvalue weighted by Gasteiger charge is -2.34. The van der Waals surface area contributed by atoms with E-state index in [1.807, 2.05) is 4.90 Å². The van der Waals surface area contributed by atoms with Gasteiger partial charge in [0, 0.05) is 44.1 Å². The van der Waals surface area contributed by atoms with E-state index in [0.29, 0.717) is 43.4 Å². The Hall–Kier alpha value is -3.11. The summed E-state index contributed by atoms with van der Waals surface area (Å²) in [4.78, 5) is 22.4. The lowest BCUT2D eigenvalue weighted by atomic mass is 10.2. The minimum absolute atomic E-state index is 0.0963. The van der Waals surface area contributed by atoms with Crippen LogP contribution in [0.3, 0.4) is 0 Å². The van der Waals surface area contributed by atoms with Gasteiger partial charge in [-0.05, 0) is 25.1 Å². The van der Waals surface area contributed by atoms with Crippen LogP contribution in [0.5, 0.6) is 0 Å². The van der Waals surface area contributed by atoms with E-state index >= 15 is 0 Å². The lowest BCUT2D eigenvalue weighted by molar-refractivity contribution is 0.101. The van der Waals surface area contributed by atoms with E-state index in [1.165, 1.54) is 23.4 Å². The molecule has 150 valence electrons. The minimum atomic E-state index is -3.61. The largest absolute Gasteiger partial charge is 0.353 e. The van der Waals surface area contributed by atoms with Gasteiger partial charge in [0.1, 0.15) is 5.82 Å². The number of carbonyl (C=O) groups excluding carboxylic acids is 1. The van der Waals surface area contributed by atoms with Gasteiger partial charge in [0.05, 0.1) is 17.3 Å². The van der Waals surface area contributed by atoms with Crippen LogP contribution in [0.15, 0.2) is 60.0 Å². The number of hydrogen-bond acceptors (Lipinski definition) is 7. The first-order chi connectivity index (χ1) is 13.9. The molecule has 0 radical (unpaired) electrons. The molecule has 3 aromatic rings. The van der Waals surface area contributed by atoms with Crippen LogP contribution in [0, 0.1) is 0 Å². The van der Waals surface area contributed by atoms with Gasteiger partial charge < -0.3 is 4.90 Å². The van der Waals surface area contributed by atoms with Crippen molar-refractivity contribution in [3.05, 3.63) is 60.7 Å². The van der Waals surface area contributed by atoms with Crippen molar-refractivity contribution in [2.75, 3.05) is 31.1 Å². The molecule has 0 spiro atoms. The predicted molar refractivity (Wildman–Crippen MR) is 107 cm³/mol. The highest BCUT2D eigenvalue weighted by Crippen LogP contribution is 2.21. The highest BCUT2D eigenvalue weighted by Gasteiger charge is 2.29. The maximum absolute atomic E-state index is 12.9. The lowest BCUT2D eigenvalue weighted by Crippen LogP contribution is -2.49. The number of hydrogen-bond donors (Lipinski definition) is 0. The summed E-state index contributed by atoms with van der Waals surface area (Å²) in [5.74, 6) is 1.19. The van der Waals surface area contributed by atoms with Gasteiger partial charge in [-0.15, -0.1) is 0 Å². The van der Waals surface area contributed by atoms with Crippen LogP contribution < -0.4 is 4.90 Å². The van der Waals surface area contributed by atoms with E-state index in [2.05, 4.69) is 15.1 Å². The van der Waals surface area contributed by atoms with E-state index in [-0.39, 0.29) is 10.7 Å². The fraction of sp³-hybridized carbons (Fsp3) is 0.263. The normalized spacial score (nSPS) is 15.4. The van der Waals surface area contributed by atoms with Gasteiger partial charge in [-0.3, -0.25) is 9.78 Å². The minimum Gasteiger partial charge on any atom is -0.353 e. The zero-order chi connectivity index (χ0) is 20.4. The second-order valence-corrected chi connectivity index (χ2v) is 8.60. The number of piperazine rings is 1. The first-order valence-corrected chi connectivity index (χ1v) is 10.6. The molecular weight excluding hydrogens is 392 g/mol. The second-order valence-electron chi connectivity index (χ2n) is 6.66. The van der Waals surface area contributed by atoms with E-state index in [1.54, 1.807) is 47.7 Å². The highest BCUT2D eigenvalue weighted by atomic mass is 32.2. The van der Waals surface area contributed by atoms with Crippen molar-refractivity contribution < 1.29 is 13.2 Å². The molecule has 1 aliphatic rings. The van der Waals surface area contributed by atoms with Crippen LogP contribution in [-0.2, 0) is 10.0 Å². The number of carbonyl (C=O) groups is 1. The molecule has 0 bridgehead atoms. The molecular formula is C19H20N6O3S. The van der Waals surface area contributed by atoms with Crippen molar-refractivity contribution in [2.45, 2.75) is 11.8 Å². The fourth-order valence-corrected chi connectivity index (χ4v) is 4.60. The number of sulfonamides is 1. The van der Waals surface area contributed by atoms with Crippen molar-refractivity contribution >= 4 is 21.6 Å². The summed E-state index contributed by atoms with van der Waals surface area (Å²) in [5.41, 5.74) is 0.490. The number of Topliss-reactive ketones (excluding diaryl/α,β-unsaturated/α-hetero) is 1. The third-order valence-corrected chi connectivity index (χ3v) is 6.72. The quantitative estimate of drug-likeness (QED) is 0.584. The van der Waals surface area contributed by atoms with Gasteiger partial charge in [-0.1, -0.05) is 12.1 Å². The number of rotatable bonds is 5. The Labute approximate surface area is 168 Å². The van der Waals surface area contributed by atoms with Crippen LogP contribution in [0.1, 0.15) is 17.3 Å². The van der Waals surface area contributed by atoms with Gasteiger partial charge in [0.25, 0.3) is 0 Å². The van der Waals surface area contributed by atoms with Crippen LogP contribution in [0.4, 0.5) is 5.82 Å². The molecule has 1 fully saturated rings. The van der Waals surface area contributed by atoms with Gasteiger partial charge in [-0.25, -0.2) is 18.1 Å². The van der Waals surface area contributed by atoms with Crippen molar-refractivity contribution in [1.29, 1.82) is 0 Å². The fourth-order valence-electron chi connectivity index (χ4n) is 3.18. The number of nitrogens with zero attached hydrogens (tertiary/aromatic N) is 6. The van der Waals surface area contributed by atoms with Crippen molar-refractivity contribution in [2.24, 2.45) is 0 Å². The Morgan fingerprint density at radius 3 is 2.31 bits per heavy atom. The van der Waals surface area contributed by atoms with Gasteiger partial charge in [-0.2, -0.15) is 9.40 Å². The molecule has 0 aliphatic carbocycles. The van der Waals surface area contributed by atoms with Crippen molar-refractivity contribution in [3.63, 3.8) is 0 Å². The van der Waals surface area contributed by atoms with Crippen molar-refractivity contribution in [3.8, 4) is 5.82 Å². The second kappa shape index (κ2) is 7.72. The Morgan fingerprint density at radius 1 is 1.00 bits per heavy atom. The molecule has 10 heteroatoms. The third kappa shape index (κ3) is 3.89. The third-order valence-electron chi connectivity index (χ3n) is 4.81. The van der Waals surface area contributed by atoms with Crippen LogP contribution in [-0.4, -0.2) is 64.4 Å². The Balaban J connectivity index is 1.46. The molecule has 2 aromatic heterocycles. The Kier molecular flexibility index (Phi) is 5.12. The summed E-state index contributed by atoms with van der Waals surface area (Å²) in [6, 6.07) is 7.86. The summed E-state index contributed by atoms with van der Waals surface area (Å²) in [7, 11) is -3.61. The molecule has 0 N–H and O–H groups in total. The molecule has 0 unspecified atom stereocenters. The van der Waals surface area contributed by atoms with Crippen LogP contribution in [0.25, 0.3) is 5.82 Å². The van der Waals surface area contributed by atoms with E-state index in [0.717, 1.165) is 0 Å². The molecule has 9 nitrogen and oxygen atoms in total. The first kappa shape index (κ1) is 19.2.